The molecule has 5 heteroatoms. The van der Waals surface area contributed by atoms with E-state index in [0.717, 1.165) is 0 Å². The van der Waals surface area contributed by atoms with Gasteiger partial charge in [0.05, 0.1) is 6.26 Å². The van der Waals surface area contributed by atoms with Gasteiger partial charge in [-0.3, -0.25) is 9.59 Å². The van der Waals surface area contributed by atoms with E-state index in [9.17, 15) is 9.59 Å². The van der Waals surface area contributed by atoms with Crippen LogP contribution in [0.1, 0.15) is 23.0 Å². The lowest BCUT2D eigenvalue weighted by atomic mass is 10.2. The van der Waals surface area contributed by atoms with Crippen molar-refractivity contribution >= 4 is 23.6 Å². The fraction of sp³-hybridized carbons (Fsp3) is 0.125. The predicted octanol–water partition coefficient (Wildman–Crippen LogP) is 2.68. The van der Waals surface area contributed by atoms with Gasteiger partial charge in [0.1, 0.15) is 5.76 Å². The maximum absolute atomic E-state index is 11.8. The minimum Gasteiger partial charge on any atom is -0.465 e. The lowest BCUT2D eigenvalue weighted by Gasteiger charge is -2.05. The molecule has 0 atom stereocenters. The van der Waals surface area contributed by atoms with E-state index in [0.29, 0.717) is 23.6 Å². The normalized spacial score (nSPS) is 10.5. The molecule has 0 saturated heterocycles. The highest BCUT2D eigenvalue weighted by Crippen LogP contribution is 2.11. The summed E-state index contributed by atoms with van der Waals surface area (Å²) in [6.07, 6.45) is 4.48. The van der Waals surface area contributed by atoms with Crippen LogP contribution >= 0.6 is 0 Å². The Hall–Kier alpha value is -2.82. The molecule has 2 aromatic rings. The van der Waals surface area contributed by atoms with Gasteiger partial charge in [-0.05, 0) is 43.3 Å². The number of benzene rings is 1. The van der Waals surface area contributed by atoms with Crippen LogP contribution in [0.5, 0.6) is 0 Å². The number of carbonyl (C=O) groups is 2. The Morgan fingerprint density at radius 1 is 1.24 bits per heavy atom. The number of hydrogen-bond acceptors (Lipinski definition) is 3. The Kier molecular flexibility index (Phi) is 4.93. The molecule has 0 unspecified atom stereocenters. The van der Waals surface area contributed by atoms with Gasteiger partial charge in [0, 0.05) is 23.9 Å². The zero-order valence-corrected chi connectivity index (χ0v) is 11.6. The zero-order valence-electron chi connectivity index (χ0n) is 11.6. The molecular formula is C16H16N2O3. The molecule has 0 fully saturated rings. The summed E-state index contributed by atoms with van der Waals surface area (Å²) >= 11 is 0. The van der Waals surface area contributed by atoms with Crippen molar-refractivity contribution in [1.29, 1.82) is 0 Å². The average Bonchev–Trinajstić information content (AvgIpc) is 2.99. The summed E-state index contributed by atoms with van der Waals surface area (Å²) in [5, 5.41) is 5.40. The van der Waals surface area contributed by atoms with Gasteiger partial charge in [-0.15, -0.1) is 0 Å². The van der Waals surface area contributed by atoms with Crippen molar-refractivity contribution in [2.24, 2.45) is 0 Å². The highest BCUT2D eigenvalue weighted by atomic mass is 16.3. The Morgan fingerprint density at radius 3 is 2.81 bits per heavy atom. The smallest absolute Gasteiger partial charge is 0.251 e. The van der Waals surface area contributed by atoms with Crippen molar-refractivity contribution in [3.63, 3.8) is 0 Å². The van der Waals surface area contributed by atoms with Gasteiger partial charge in [0.15, 0.2) is 0 Å². The van der Waals surface area contributed by atoms with Crippen molar-refractivity contribution in [3.8, 4) is 0 Å². The van der Waals surface area contributed by atoms with E-state index >= 15 is 0 Å². The Labute approximate surface area is 122 Å². The van der Waals surface area contributed by atoms with Crippen LogP contribution in [0.2, 0.25) is 0 Å². The molecule has 0 aliphatic rings. The first-order chi connectivity index (χ1) is 10.2. The Morgan fingerprint density at radius 2 is 2.10 bits per heavy atom. The summed E-state index contributed by atoms with van der Waals surface area (Å²) in [5.74, 6) is 0.139. The lowest BCUT2D eigenvalue weighted by molar-refractivity contribution is -0.111. The lowest BCUT2D eigenvalue weighted by Crippen LogP contribution is -2.22. The van der Waals surface area contributed by atoms with E-state index in [1.807, 2.05) is 6.92 Å². The molecule has 0 aliphatic heterocycles. The maximum atomic E-state index is 11.8. The first-order valence-electron chi connectivity index (χ1n) is 6.60. The standard InChI is InChI=1S/C16H16N2O3/c1-2-17-16(20)12-5-3-6-13(11-12)18-15(19)9-8-14-7-4-10-21-14/h3-11H,2H2,1H3,(H,17,20)(H,18,19)/b9-8+. The molecule has 108 valence electrons. The molecule has 1 aromatic carbocycles. The van der Waals surface area contributed by atoms with Crippen LogP contribution in [0.15, 0.2) is 53.2 Å². The molecule has 1 heterocycles. The second kappa shape index (κ2) is 7.09. The van der Waals surface area contributed by atoms with E-state index in [4.69, 9.17) is 4.42 Å². The second-order valence-corrected chi connectivity index (χ2v) is 4.28. The molecule has 1 aromatic heterocycles. The Bertz CT molecular complexity index is 645. The SMILES string of the molecule is CCNC(=O)c1cccc(NC(=O)/C=C/c2ccco2)c1. The highest BCUT2D eigenvalue weighted by Gasteiger charge is 2.05. The van der Waals surface area contributed by atoms with Crippen LogP contribution in [0.3, 0.4) is 0 Å². The summed E-state index contributed by atoms with van der Waals surface area (Å²) in [5.41, 5.74) is 1.07. The molecule has 0 aliphatic carbocycles. The maximum Gasteiger partial charge on any atom is 0.251 e. The van der Waals surface area contributed by atoms with Gasteiger partial charge < -0.3 is 15.1 Å². The van der Waals surface area contributed by atoms with Crippen molar-refractivity contribution in [1.82, 2.24) is 5.32 Å². The minimum atomic E-state index is -0.292. The summed E-state index contributed by atoms with van der Waals surface area (Å²) in [6, 6.07) is 10.3. The van der Waals surface area contributed by atoms with Crippen LogP contribution in [0, 0.1) is 0 Å². The van der Waals surface area contributed by atoms with E-state index in [1.165, 1.54) is 12.3 Å². The van der Waals surface area contributed by atoms with Gasteiger partial charge >= 0.3 is 0 Å². The number of furan rings is 1. The van der Waals surface area contributed by atoms with Crippen LogP contribution in [-0.4, -0.2) is 18.4 Å². The molecular weight excluding hydrogens is 268 g/mol. The van der Waals surface area contributed by atoms with Crippen molar-refractivity contribution in [3.05, 3.63) is 60.1 Å². The average molecular weight is 284 g/mol. The monoisotopic (exact) mass is 284 g/mol. The number of anilines is 1. The molecule has 2 amide bonds. The van der Waals surface area contributed by atoms with Crippen LogP contribution in [0.4, 0.5) is 5.69 Å². The quantitative estimate of drug-likeness (QED) is 0.829. The molecule has 0 saturated carbocycles. The fourth-order valence-corrected chi connectivity index (χ4v) is 1.73. The number of nitrogens with one attached hydrogen (secondary N) is 2. The molecule has 0 spiro atoms. The van der Waals surface area contributed by atoms with Crippen molar-refractivity contribution < 1.29 is 14.0 Å². The van der Waals surface area contributed by atoms with Gasteiger partial charge in [0.2, 0.25) is 5.91 Å². The van der Waals surface area contributed by atoms with Gasteiger partial charge in [0.25, 0.3) is 5.91 Å². The first-order valence-corrected chi connectivity index (χ1v) is 6.60. The van der Waals surface area contributed by atoms with E-state index in [2.05, 4.69) is 10.6 Å². The van der Waals surface area contributed by atoms with Gasteiger partial charge in [-0.1, -0.05) is 6.07 Å². The van der Waals surface area contributed by atoms with Crippen LogP contribution in [-0.2, 0) is 4.79 Å². The Balaban J connectivity index is 2.00. The molecule has 5 nitrogen and oxygen atoms in total. The summed E-state index contributed by atoms with van der Waals surface area (Å²) < 4.78 is 5.09. The summed E-state index contributed by atoms with van der Waals surface area (Å²) in [6.45, 7) is 2.41. The van der Waals surface area contributed by atoms with E-state index in [1.54, 1.807) is 42.5 Å². The van der Waals surface area contributed by atoms with Gasteiger partial charge in [-0.2, -0.15) is 0 Å². The third kappa shape index (κ3) is 4.35. The van der Waals surface area contributed by atoms with E-state index in [-0.39, 0.29) is 11.8 Å². The number of amides is 2. The van der Waals surface area contributed by atoms with Crippen LogP contribution in [0.25, 0.3) is 6.08 Å². The topological polar surface area (TPSA) is 71.3 Å². The largest absolute Gasteiger partial charge is 0.465 e. The number of carbonyl (C=O) groups excluding carboxylic acids is 2. The zero-order chi connectivity index (χ0) is 15.1. The molecule has 2 rings (SSSR count). The number of rotatable bonds is 5. The minimum absolute atomic E-state index is 0.167. The highest BCUT2D eigenvalue weighted by molar-refractivity contribution is 6.03. The fourth-order valence-electron chi connectivity index (χ4n) is 1.73. The predicted molar refractivity (Wildman–Crippen MR) is 80.8 cm³/mol. The molecule has 0 bridgehead atoms. The van der Waals surface area contributed by atoms with Crippen molar-refractivity contribution in [2.45, 2.75) is 6.92 Å². The molecule has 0 radical (unpaired) electrons. The first kappa shape index (κ1) is 14.6. The van der Waals surface area contributed by atoms with Crippen LogP contribution < -0.4 is 10.6 Å². The van der Waals surface area contributed by atoms with Gasteiger partial charge in [-0.25, -0.2) is 0 Å². The molecule has 2 N–H and O–H groups in total. The number of hydrogen-bond donors (Lipinski definition) is 2. The molecule has 21 heavy (non-hydrogen) atoms. The summed E-state index contributed by atoms with van der Waals surface area (Å²) in [7, 11) is 0. The summed E-state index contributed by atoms with van der Waals surface area (Å²) in [4.78, 5) is 23.5. The second-order valence-electron chi connectivity index (χ2n) is 4.28. The van der Waals surface area contributed by atoms with Crippen molar-refractivity contribution in [2.75, 3.05) is 11.9 Å². The van der Waals surface area contributed by atoms with E-state index < -0.39 is 0 Å². The third-order valence-corrected chi connectivity index (χ3v) is 2.67. The third-order valence-electron chi connectivity index (χ3n) is 2.67.